The van der Waals surface area contributed by atoms with Gasteiger partial charge in [-0.25, -0.2) is 4.98 Å². The van der Waals surface area contributed by atoms with E-state index in [2.05, 4.69) is 21.5 Å². The largest absolute Gasteiger partial charge is 0.497 e. The van der Waals surface area contributed by atoms with Crippen molar-refractivity contribution in [3.05, 3.63) is 47.1 Å². The minimum absolute atomic E-state index is 0.299. The second-order valence-electron chi connectivity index (χ2n) is 5.69. The number of hydrogen-bond donors (Lipinski definition) is 2. The Hall–Kier alpha value is -2.71. The van der Waals surface area contributed by atoms with E-state index in [1.54, 1.807) is 50.6 Å². The van der Waals surface area contributed by atoms with E-state index in [0.717, 1.165) is 0 Å². The second kappa shape index (κ2) is 7.91. The van der Waals surface area contributed by atoms with Crippen LogP contribution in [0.15, 0.2) is 36.5 Å². The summed E-state index contributed by atoms with van der Waals surface area (Å²) in [7, 11) is 1.56. The van der Waals surface area contributed by atoms with Gasteiger partial charge in [0.2, 0.25) is 0 Å². The molecule has 0 fully saturated rings. The molecule has 0 bridgehead atoms. The van der Waals surface area contributed by atoms with Crippen LogP contribution in [0, 0.1) is 12.3 Å². The van der Waals surface area contributed by atoms with Crippen LogP contribution in [0.4, 0.5) is 11.5 Å². The number of ether oxygens (including phenoxy) is 1. The van der Waals surface area contributed by atoms with E-state index in [1.165, 1.54) is 0 Å². The quantitative estimate of drug-likeness (QED) is 0.766. The Bertz CT molecular complexity index is 817. The molecule has 5 nitrogen and oxygen atoms in total. The Balaban J connectivity index is 2.31. The van der Waals surface area contributed by atoms with Crippen LogP contribution in [-0.4, -0.2) is 23.5 Å². The van der Waals surface area contributed by atoms with Crippen molar-refractivity contribution in [3.63, 3.8) is 0 Å². The van der Waals surface area contributed by atoms with E-state index in [9.17, 15) is 4.79 Å². The van der Waals surface area contributed by atoms with E-state index >= 15 is 0 Å². The summed E-state index contributed by atoms with van der Waals surface area (Å²) in [4.78, 5) is 16.9. The molecule has 0 saturated carbocycles. The van der Waals surface area contributed by atoms with Crippen LogP contribution in [0.2, 0.25) is 5.02 Å². The summed E-state index contributed by atoms with van der Waals surface area (Å²) in [6, 6.07) is 8.55. The van der Waals surface area contributed by atoms with Crippen LogP contribution in [0.25, 0.3) is 0 Å². The highest BCUT2D eigenvalue weighted by Gasteiger charge is 2.23. The lowest BCUT2D eigenvalue weighted by Gasteiger charge is -2.24. The number of nitrogens with zero attached hydrogens (tertiary/aromatic N) is 1. The first-order valence-corrected chi connectivity index (χ1v) is 8.15. The van der Waals surface area contributed by atoms with Gasteiger partial charge >= 0.3 is 0 Å². The molecule has 1 unspecified atom stereocenters. The Labute approximate surface area is 152 Å². The Morgan fingerprint density at radius 1 is 1.44 bits per heavy atom. The fraction of sp³-hybridized carbons (Fsp3) is 0.263. The fourth-order valence-corrected chi connectivity index (χ4v) is 2.35. The number of benzene rings is 1. The molecule has 2 aromatic rings. The van der Waals surface area contributed by atoms with E-state index in [1.807, 2.05) is 6.92 Å². The lowest BCUT2D eigenvalue weighted by molar-refractivity contribution is 0.0924. The van der Waals surface area contributed by atoms with Crippen LogP contribution in [-0.2, 0) is 0 Å². The van der Waals surface area contributed by atoms with Crippen molar-refractivity contribution < 1.29 is 9.53 Å². The predicted octanol–water partition coefficient (Wildman–Crippen LogP) is 4.02. The summed E-state index contributed by atoms with van der Waals surface area (Å²) in [5, 5.41) is 6.48. The minimum Gasteiger partial charge on any atom is -0.497 e. The summed E-state index contributed by atoms with van der Waals surface area (Å²) >= 11 is 6.08. The van der Waals surface area contributed by atoms with Gasteiger partial charge in [0.25, 0.3) is 5.91 Å². The van der Waals surface area contributed by atoms with Gasteiger partial charge in [0.05, 0.1) is 18.2 Å². The summed E-state index contributed by atoms with van der Waals surface area (Å²) in [6.07, 6.45) is 7.74. The molecule has 1 heterocycles. The van der Waals surface area contributed by atoms with Crippen LogP contribution in [0.3, 0.4) is 0 Å². The Morgan fingerprint density at radius 3 is 2.84 bits per heavy atom. The monoisotopic (exact) mass is 357 g/mol. The number of carbonyl (C=O) groups excluding carboxylic acids is 1. The number of aromatic nitrogens is 1. The molecular formula is C19H20ClN3O2. The van der Waals surface area contributed by atoms with Gasteiger partial charge in [-0.05, 0) is 37.6 Å². The fourth-order valence-electron chi connectivity index (χ4n) is 2.12. The maximum atomic E-state index is 12.6. The number of terminal acetylenes is 1. The summed E-state index contributed by atoms with van der Waals surface area (Å²) in [6.45, 7) is 3.72. The standard InChI is InChI=1S/C19H20ClN3O2/c1-5-19(3,6-2)23-18(24)16-8-7-9-21-17(16)22-14-10-13(20)11-15(12-14)25-4/h1,7-12H,6H2,2-4H3,(H,21,22)(H,23,24). The van der Waals surface area contributed by atoms with Crippen LogP contribution < -0.4 is 15.4 Å². The molecule has 0 saturated heterocycles. The SMILES string of the molecule is C#CC(C)(CC)NC(=O)c1cccnc1Nc1cc(Cl)cc(OC)c1. The van der Waals surface area contributed by atoms with Crippen LogP contribution in [0.1, 0.15) is 30.6 Å². The smallest absolute Gasteiger partial charge is 0.256 e. The molecule has 1 atom stereocenters. The zero-order valence-electron chi connectivity index (χ0n) is 14.4. The maximum absolute atomic E-state index is 12.6. The summed E-state index contributed by atoms with van der Waals surface area (Å²) < 4.78 is 5.20. The topological polar surface area (TPSA) is 63.2 Å². The highest BCUT2D eigenvalue weighted by atomic mass is 35.5. The van der Waals surface area contributed by atoms with E-state index in [0.29, 0.717) is 34.3 Å². The molecule has 130 valence electrons. The average molecular weight is 358 g/mol. The van der Waals surface area contributed by atoms with Crippen molar-refractivity contribution in [2.75, 3.05) is 12.4 Å². The number of methoxy groups -OCH3 is 1. The number of halogens is 1. The van der Waals surface area contributed by atoms with E-state index in [-0.39, 0.29) is 5.91 Å². The molecule has 0 aliphatic rings. The van der Waals surface area contributed by atoms with Crippen molar-refractivity contribution in [1.29, 1.82) is 0 Å². The molecule has 0 radical (unpaired) electrons. The van der Waals surface area contributed by atoms with Gasteiger partial charge in [-0.3, -0.25) is 4.79 Å². The molecule has 0 aliphatic carbocycles. The third-order valence-corrected chi connectivity index (χ3v) is 4.06. The lowest BCUT2D eigenvalue weighted by Crippen LogP contribution is -2.44. The van der Waals surface area contributed by atoms with Gasteiger partial charge < -0.3 is 15.4 Å². The van der Waals surface area contributed by atoms with E-state index in [4.69, 9.17) is 22.8 Å². The molecule has 1 amide bonds. The number of nitrogens with one attached hydrogen (secondary N) is 2. The first kappa shape index (κ1) is 18.6. The van der Waals surface area contributed by atoms with Gasteiger partial charge in [-0.15, -0.1) is 6.42 Å². The molecule has 1 aromatic carbocycles. The molecule has 2 N–H and O–H groups in total. The third kappa shape index (κ3) is 4.65. The first-order chi connectivity index (χ1) is 11.9. The molecule has 6 heteroatoms. The predicted molar refractivity (Wildman–Crippen MR) is 101 cm³/mol. The maximum Gasteiger partial charge on any atom is 0.256 e. The van der Waals surface area contributed by atoms with Crippen molar-refractivity contribution in [3.8, 4) is 18.1 Å². The lowest BCUT2D eigenvalue weighted by atomic mass is 9.99. The highest BCUT2D eigenvalue weighted by molar-refractivity contribution is 6.31. The van der Waals surface area contributed by atoms with Gasteiger partial charge in [-0.1, -0.05) is 24.4 Å². The molecule has 0 aliphatic heterocycles. The zero-order valence-corrected chi connectivity index (χ0v) is 15.1. The number of pyridine rings is 1. The van der Waals surface area contributed by atoms with E-state index < -0.39 is 5.54 Å². The number of carbonyl (C=O) groups is 1. The number of anilines is 2. The van der Waals surface area contributed by atoms with Crippen molar-refractivity contribution in [2.45, 2.75) is 25.8 Å². The van der Waals surface area contributed by atoms with Gasteiger partial charge in [0.15, 0.2) is 0 Å². The summed E-state index contributed by atoms with van der Waals surface area (Å²) in [5.74, 6) is 3.32. The minimum atomic E-state index is -0.719. The van der Waals surface area contributed by atoms with Gasteiger partial charge in [0, 0.05) is 23.0 Å². The van der Waals surface area contributed by atoms with Crippen molar-refractivity contribution in [1.82, 2.24) is 10.3 Å². The van der Waals surface area contributed by atoms with Crippen molar-refractivity contribution >= 4 is 29.0 Å². The van der Waals surface area contributed by atoms with Gasteiger partial charge in [0.1, 0.15) is 11.6 Å². The molecular weight excluding hydrogens is 338 g/mol. The van der Waals surface area contributed by atoms with Crippen LogP contribution >= 0.6 is 11.6 Å². The summed E-state index contributed by atoms with van der Waals surface area (Å²) in [5.41, 5.74) is 0.326. The number of amides is 1. The molecule has 25 heavy (non-hydrogen) atoms. The second-order valence-corrected chi connectivity index (χ2v) is 6.12. The molecule has 0 spiro atoms. The Kier molecular flexibility index (Phi) is 5.89. The Morgan fingerprint density at radius 2 is 2.20 bits per heavy atom. The molecule has 2 rings (SSSR count). The van der Waals surface area contributed by atoms with Crippen molar-refractivity contribution in [2.24, 2.45) is 0 Å². The highest BCUT2D eigenvalue weighted by Crippen LogP contribution is 2.27. The average Bonchev–Trinajstić information content (AvgIpc) is 2.61. The normalized spacial score (nSPS) is 12.6. The van der Waals surface area contributed by atoms with Gasteiger partial charge in [-0.2, -0.15) is 0 Å². The number of rotatable bonds is 6. The zero-order chi connectivity index (χ0) is 18.4. The first-order valence-electron chi connectivity index (χ1n) is 7.77. The molecule has 1 aromatic heterocycles. The number of hydrogen-bond acceptors (Lipinski definition) is 4. The van der Waals surface area contributed by atoms with Crippen LogP contribution in [0.5, 0.6) is 5.75 Å². The third-order valence-electron chi connectivity index (χ3n) is 3.84.